The summed E-state index contributed by atoms with van der Waals surface area (Å²) in [6, 6.07) is 11.9. The van der Waals surface area contributed by atoms with Crippen LogP contribution in [0.25, 0.3) is 0 Å². The second-order valence-electron chi connectivity index (χ2n) is 6.25. The maximum atomic E-state index is 12.0. The minimum Gasteiger partial charge on any atom is -0.480 e. The van der Waals surface area contributed by atoms with Crippen LogP contribution in [0.5, 0.6) is 0 Å². The number of carboxylic acids is 1. The normalized spacial score (nSPS) is 11.3. The van der Waals surface area contributed by atoms with Crippen molar-refractivity contribution in [3.05, 3.63) is 64.1 Å². The SMILES string of the molecule is O=C(Nc1ccc(Cl)c(Cl)c1)NC(CCCNC(=O)OCc1ccccc1)C(=O)O. The fourth-order valence-electron chi connectivity index (χ4n) is 2.43. The van der Waals surface area contributed by atoms with Crippen molar-refractivity contribution >= 4 is 47.0 Å². The number of anilines is 1. The van der Waals surface area contributed by atoms with Crippen molar-refractivity contribution in [3.63, 3.8) is 0 Å². The molecule has 1 atom stereocenters. The molecule has 2 rings (SSSR count). The van der Waals surface area contributed by atoms with Crippen molar-refractivity contribution in [2.75, 3.05) is 11.9 Å². The summed E-state index contributed by atoms with van der Waals surface area (Å²) in [4.78, 5) is 35.1. The molecule has 3 amide bonds. The highest BCUT2D eigenvalue weighted by atomic mass is 35.5. The summed E-state index contributed by atoms with van der Waals surface area (Å²) in [5.74, 6) is -1.19. The minimum absolute atomic E-state index is 0.114. The van der Waals surface area contributed by atoms with Crippen LogP contribution in [-0.4, -0.2) is 35.8 Å². The molecule has 30 heavy (non-hydrogen) atoms. The molecule has 1 unspecified atom stereocenters. The number of carboxylic acid groups (broad SMARTS) is 1. The van der Waals surface area contributed by atoms with E-state index in [0.717, 1.165) is 5.56 Å². The molecular weight excluding hydrogens is 433 g/mol. The molecule has 0 radical (unpaired) electrons. The number of hydrogen-bond donors (Lipinski definition) is 4. The fourth-order valence-corrected chi connectivity index (χ4v) is 2.73. The highest BCUT2D eigenvalue weighted by Crippen LogP contribution is 2.24. The van der Waals surface area contributed by atoms with Crippen LogP contribution >= 0.6 is 23.2 Å². The Labute approximate surface area is 183 Å². The van der Waals surface area contributed by atoms with E-state index in [2.05, 4.69) is 16.0 Å². The summed E-state index contributed by atoms with van der Waals surface area (Å²) in [5.41, 5.74) is 1.23. The number of rotatable bonds is 9. The van der Waals surface area contributed by atoms with Gasteiger partial charge in [-0.25, -0.2) is 14.4 Å². The van der Waals surface area contributed by atoms with Gasteiger partial charge in [-0.1, -0.05) is 53.5 Å². The van der Waals surface area contributed by atoms with E-state index in [1.165, 1.54) is 18.2 Å². The van der Waals surface area contributed by atoms with Gasteiger partial charge in [0, 0.05) is 12.2 Å². The zero-order valence-corrected chi connectivity index (χ0v) is 17.4. The molecular formula is C20H21Cl2N3O5. The van der Waals surface area contributed by atoms with Gasteiger partial charge < -0.3 is 25.8 Å². The molecule has 10 heteroatoms. The van der Waals surface area contributed by atoms with Gasteiger partial charge in [-0.2, -0.15) is 0 Å². The van der Waals surface area contributed by atoms with Crippen LogP contribution in [-0.2, 0) is 16.1 Å². The average molecular weight is 454 g/mol. The summed E-state index contributed by atoms with van der Waals surface area (Å²) in [6.45, 7) is 0.342. The first-order valence-corrected chi connectivity index (χ1v) is 9.80. The van der Waals surface area contributed by atoms with Gasteiger partial charge >= 0.3 is 18.1 Å². The van der Waals surface area contributed by atoms with E-state index in [1.54, 1.807) is 0 Å². The highest BCUT2D eigenvalue weighted by Gasteiger charge is 2.19. The average Bonchev–Trinajstić information content (AvgIpc) is 2.72. The first-order chi connectivity index (χ1) is 14.3. The largest absolute Gasteiger partial charge is 0.480 e. The second kappa shape index (κ2) is 11.9. The number of nitrogens with one attached hydrogen (secondary N) is 3. The van der Waals surface area contributed by atoms with Crippen LogP contribution in [0.2, 0.25) is 10.0 Å². The molecule has 0 spiro atoms. The van der Waals surface area contributed by atoms with E-state index in [1.807, 2.05) is 30.3 Å². The summed E-state index contributed by atoms with van der Waals surface area (Å²) in [5, 5.41) is 17.3. The Kier molecular flexibility index (Phi) is 9.24. The standard InChI is InChI=1S/C20H21Cl2N3O5/c21-15-9-8-14(11-16(15)22)24-19(28)25-17(18(26)27)7-4-10-23-20(29)30-12-13-5-2-1-3-6-13/h1-3,5-6,8-9,11,17H,4,7,10,12H2,(H,23,29)(H,26,27)(H2,24,25,28). The topological polar surface area (TPSA) is 117 Å². The van der Waals surface area contributed by atoms with E-state index < -0.39 is 24.1 Å². The van der Waals surface area contributed by atoms with E-state index in [-0.39, 0.29) is 24.6 Å². The molecule has 0 heterocycles. The number of urea groups is 1. The van der Waals surface area contributed by atoms with Crippen molar-refractivity contribution in [2.45, 2.75) is 25.5 Å². The Morgan fingerprint density at radius 1 is 1.03 bits per heavy atom. The number of hydrogen-bond acceptors (Lipinski definition) is 4. The number of amides is 3. The maximum Gasteiger partial charge on any atom is 0.407 e. The molecule has 4 N–H and O–H groups in total. The molecule has 160 valence electrons. The number of ether oxygens (including phenoxy) is 1. The summed E-state index contributed by atoms with van der Waals surface area (Å²) in [7, 11) is 0. The Balaban J connectivity index is 1.70. The predicted molar refractivity (Wildman–Crippen MR) is 114 cm³/mol. The van der Waals surface area contributed by atoms with E-state index in [4.69, 9.17) is 27.9 Å². The fraction of sp³-hybridized carbons (Fsp3) is 0.250. The van der Waals surface area contributed by atoms with Gasteiger partial charge in [0.1, 0.15) is 12.6 Å². The molecule has 0 aliphatic heterocycles. The third-order valence-corrected chi connectivity index (χ3v) is 4.67. The lowest BCUT2D eigenvalue weighted by Crippen LogP contribution is -2.43. The number of benzene rings is 2. The molecule has 0 saturated heterocycles. The van der Waals surface area contributed by atoms with Gasteiger partial charge in [0.15, 0.2) is 0 Å². The lowest BCUT2D eigenvalue weighted by Gasteiger charge is -2.15. The van der Waals surface area contributed by atoms with Crippen molar-refractivity contribution in [3.8, 4) is 0 Å². The number of halogens is 2. The second-order valence-corrected chi connectivity index (χ2v) is 7.06. The molecule has 2 aromatic carbocycles. The van der Waals surface area contributed by atoms with Crippen LogP contribution in [0.1, 0.15) is 18.4 Å². The number of carbonyl (C=O) groups is 3. The van der Waals surface area contributed by atoms with Crippen molar-refractivity contribution < 1.29 is 24.2 Å². The van der Waals surface area contributed by atoms with Crippen molar-refractivity contribution in [1.82, 2.24) is 10.6 Å². The molecule has 0 saturated carbocycles. The maximum absolute atomic E-state index is 12.0. The smallest absolute Gasteiger partial charge is 0.407 e. The Bertz CT molecular complexity index is 880. The highest BCUT2D eigenvalue weighted by molar-refractivity contribution is 6.42. The van der Waals surface area contributed by atoms with Crippen LogP contribution in [0.4, 0.5) is 15.3 Å². The zero-order chi connectivity index (χ0) is 21.9. The Hall–Kier alpha value is -2.97. The van der Waals surface area contributed by atoms with Gasteiger partial charge in [-0.15, -0.1) is 0 Å². The Morgan fingerprint density at radius 3 is 2.43 bits per heavy atom. The molecule has 0 aromatic heterocycles. The van der Waals surface area contributed by atoms with Crippen LogP contribution in [0, 0.1) is 0 Å². The molecule has 0 fully saturated rings. The molecule has 0 aliphatic rings. The van der Waals surface area contributed by atoms with Gasteiger partial charge in [0.25, 0.3) is 0 Å². The van der Waals surface area contributed by atoms with E-state index in [0.29, 0.717) is 17.1 Å². The predicted octanol–water partition coefficient (Wildman–Crippen LogP) is 4.27. The van der Waals surface area contributed by atoms with Crippen LogP contribution in [0.15, 0.2) is 48.5 Å². The van der Waals surface area contributed by atoms with Crippen molar-refractivity contribution in [1.29, 1.82) is 0 Å². The van der Waals surface area contributed by atoms with Crippen LogP contribution < -0.4 is 16.0 Å². The summed E-state index contributed by atoms with van der Waals surface area (Å²) < 4.78 is 5.07. The first-order valence-electron chi connectivity index (χ1n) is 9.05. The van der Waals surface area contributed by atoms with Gasteiger partial charge in [0.2, 0.25) is 0 Å². The Morgan fingerprint density at radius 2 is 1.77 bits per heavy atom. The first kappa shape index (κ1) is 23.3. The molecule has 0 aliphatic carbocycles. The lowest BCUT2D eigenvalue weighted by atomic mass is 10.1. The number of carbonyl (C=O) groups excluding carboxylic acids is 2. The number of alkyl carbamates (subject to hydrolysis) is 1. The summed E-state index contributed by atoms with van der Waals surface area (Å²) >= 11 is 11.7. The van der Waals surface area contributed by atoms with Gasteiger partial charge in [-0.05, 0) is 36.6 Å². The summed E-state index contributed by atoms with van der Waals surface area (Å²) in [6.07, 6.45) is -0.163. The quantitative estimate of drug-likeness (QED) is 0.422. The van der Waals surface area contributed by atoms with Crippen LogP contribution in [0.3, 0.4) is 0 Å². The number of aliphatic carboxylic acids is 1. The van der Waals surface area contributed by atoms with Gasteiger partial charge in [0.05, 0.1) is 10.0 Å². The minimum atomic E-state index is -1.19. The zero-order valence-electron chi connectivity index (χ0n) is 15.9. The van der Waals surface area contributed by atoms with E-state index >= 15 is 0 Å². The van der Waals surface area contributed by atoms with Crippen molar-refractivity contribution in [2.24, 2.45) is 0 Å². The molecule has 0 bridgehead atoms. The van der Waals surface area contributed by atoms with Gasteiger partial charge in [-0.3, -0.25) is 0 Å². The monoisotopic (exact) mass is 453 g/mol. The lowest BCUT2D eigenvalue weighted by molar-refractivity contribution is -0.139. The third kappa shape index (κ3) is 8.18. The third-order valence-electron chi connectivity index (χ3n) is 3.93. The molecule has 2 aromatic rings. The molecule has 8 nitrogen and oxygen atoms in total. The van der Waals surface area contributed by atoms with E-state index in [9.17, 15) is 19.5 Å².